The van der Waals surface area contributed by atoms with E-state index in [1.54, 1.807) is 0 Å². The molecule has 0 saturated carbocycles. The fourth-order valence-corrected chi connectivity index (χ4v) is 2.53. The molecule has 1 aliphatic heterocycles. The molecule has 0 unspecified atom stereocenters. The second-order valence-electron chi connectivity index (χ2n) is 4.93. The van der Waals surface area contributed by atoms with Crippen molar-refractivity contribution in [1.29, 1.82) is 0 Å². The fraction of sp³-hybridized carbons (Fsp3) is 0.385. The maximum absolute atomic E-state index is 11.9. The van der Waals surface area contributed by atoms with Gasteiger partial charge >= 0.3 is 5.69 Å². The molecule has 0 amide bonds. The normalized spacial score (nSPS) is 24.8. The highest BCUT2D eigenvalue weighted by atomic mass is 35.5. The lowest BCUT2D eigenvalue weighted by Gasteiger charge is -2.14. The first-order valence-electron chi connectivity index (χ1n) is 6.55. The minimum absolute atomic E-state index is 0.108. The van der Waals surface area contributed by atoms with Gasteiger partial charge in [0.15, 0.2) is 5.22 Å². The minimum Gasteiger partial charge on any atom is -0.444 e. The van der Waals surface area contributed by atoms with Crippen molar-refractivity contribution in [1.82, 2.24) is 9.55 Å². The zero-order valence-corrected chi connectivity index (χ0v) is 12.0. The number of H-pyrrole nitrogens is 1. The van der Waals surface area contributed by atoms with Crippen LogP contribution in [0.15, 0.2) is 32.3 Å². The summed E-state index contributed by atoms with van der Waals surface area (Å²) in [5.74, 6) is 0.206. The molecule has 2 aromatic heterocycles. The maximum Gasteiger partial charge on any atom is 0.330 e. The Morgan fingerprint density at radius 1 is 1.41 bits per heavy atom. The number of hydrogen-bond acceptors (Lipinski definition) is 6. The molecule has 1 saturated heterocycles. The molecule has 22 heavy (non-hydrogen) atoms. The Hall–Kier alpha value is -1.87. The zero-order chi connectivity index (χ0) is 15.9. The van der Waals surface area contributed by atoms with Crippen molar-refractivity contribution >= 4 is 11.6 Å². The van der Waals surface area contributed by atoms with Gasteiger partial charge in [0.2, 0.25) is 0 Å². The summed E-state index contributed by atoms with van der Waals surface area (Å²) in [6.07, 6.45) is -1.05. The summed E-state index contributed by atoms with van der Waals surface area (Å²) in [6, 6.07) is 2.98. The number of rotatable bonds is 3. The molecule has 2 aromatic rings. The molecule has 3 atom stereocenters. The number of hydrogen-bond donors (Lipinski definition) is 3. The number of aliphatic hydroxyl groups excluding tert-OH is 2. The molecule has 3 N–H and O–H groups in total. The molecule has 0 spiro atoms. The van der Waals surface area contributed by atoms with Crippen LogP contribution >= 0.6 is 11.6 Å². The van der Waals surface area contributed by atoms with Crippen molar-refractivity contribution in [3.8, 4) is 11.3 Å². The number of aromatic nitrogens is 2. The number of aromatic amines is 1. The summed E-state index contributed by atoms with van der Waals surface area (Å²) < 4.78 is 11.7. The Bertz CT molecular complexity index is 794. The first kappa shape index (κ1) is 15.0. The van der Waals surface area contributed by atoms with Gasteiger partial charge in [0, 0.05) is 12.6 Å². The number of ether oxygens (including phenoxy) is 1. The van der Waals surface area contributed by atoms with Crippen LogP contribution in [0.25, 0.3) is 11.3 Å². The van der Waals surface area contributed by atoms with Crippen LogP contribution in [0, 0.1) is 0 Å². The van der Waals surface area contributed by atoms with Gasteiger partial charge in [-0.2, -0.15) is 0 Å². The molecular weight excluding hydrogens is 316 g/mol. The molecule has 0 aliphatic carbocycles. The lowest BCUT2D eigenvalue weighted by molar-refractivity contribution is -0.0458. The summed E-state index contributed by atoms with van der Waals surface area (Å²) in [5.41, 5.74) is -1.19. The van der Waals surface area contributed by atoms with E-state index in [1.807, 2.05) is 0 Å². The van der Waals surface area contributed by atoms with Crippen LogP contribution in [0.2, 0.25) is 5.22 Å². The highest BCUT2D eigenvalue weighted by Crippen LogP contribution is 2.28. The van der Waals surface area contributed by atoms with Gasteiger partial charge in [-0.25, -0.2) is 4.79 Å². The van der Waals surface area contributed by atoms with Crippen molar-refractivity contribution in [2.45, 2.75) is 24.9 Å². The molecule has 1 fully saturated rings. The molecule has 0 bridgehead atoms. The molecule has 9 heteroatoms. The third kappa shape index (κ3) is 2.61. The van der Waals surface area contributed by atoms with Gasteiger partial charge in [-0.05, 0) is 23.7 Å². The molecule has 1 aliphatic rings. The maximum atomic E-state index is 11.9. The lowest BCUT2D eigenvalue weighted by Crippen LogP contribution is -2.33. The largest absolute Gasteiger partial charge is 0.444 e. The van der Waals surface area contributed by atoms with Gasteiger partial charge in [0.25, 0.3) is 5.56 Å². The number of nitrogens with one attached hydrogen (secondary N) is 1. The van der Waals surface area contributed by atoms with Crippen LogP contribution in [-0.4, -0.2) is 38.6 Å². The van der Waals surface area contributed by atoms with E-state index in [0.29, 0.717) is 0 Å². The Morgan fingerprint density at radius 2 is 2.18 bits per heavy atom. The smallest absolute Gasteiger partial charge is 0.330 e. The quantitative estimate of drug-likeness (QED) is 0.735. The minimum atomic E-state index is -0.893. The van der Waals surface area contributed by atoms with E-state index in [9.17, 15) is 14.7 Å². The van der Waals surface area contributed by atoms with E-state index in [-0.39, 0.29) is 29.6 Å². The van der Waals surface area contributed by atoms with E-state index < -0.39 is 29.7 Å². The number of aliphatic hydroxyl groups is 2. The van der Waals surface area contributed by atoms with Gasteiger partial charge in [0.1, 0.15) is 18.1 Å². The topological polar surface area (TPSA) is 118 Å². The summed E-state index contributed by atoms with van der Waals surface area (Å²) in [4.78, 5) is 26.0. The lowest BCUT2D eigenvalue weighted by atomic mass is 10.2. The fourth-order valence-electron chi connectivity index (χ4n) is 2.38. The molecule has 3 heterocycles. The van der Waals surface area contributed by atoms with Crippen LogP contribution in [-0.2, 0) is 4.74 Å². The number of halogens is 1. The zero-order valence-electron chi connectivity index (χ0n) is 11.2. The third-order valence-electron chi connectivity index (χ3n) is 3.50. The van der Waals surface area contributed by atoms with Crippen molar-refractivity contribution in [2.24, 2.45) is 0 Å². The number of nitrogens with zero attached hydrogens (tertiary/aromatic N) is 1. The summed E-state index contributed by atoms with van der Waals surface area (Å²) in [7, 11) is 0. The van der Waals surface area contributed by atoms with E-state index in [2.05, 4.69) is 4.98 Å². The third-order valence-corrected chi connectivity index (χ3v) is 3.70. The van der Waals surface area contributed by atoms with E-state index in [4.69, 9.17) is 25.9 Å². The van der Waals surface area contributed by atoms with Crippen molar-refractivity contribution in [3.05, 3.63) is 44.4 Å². The molecule has 3 rings (SSSR count). The molecule has 118 valence electrons. The molecule has 8 nitrogen and oxygen atoms in total. The van der Waals surface area contributed by atoms with Crippen molar-refractivity contribution in [2.75, 3.05) is 6.61 Å². The van der Waals surface area contributed by atoms with E-state index in [1.165, 1.54) is 18.3 Å². The summed E-state index contributed by atoms with van der Waals surface area (Å²) >= 11 is 5.68. The van der Waals surface area contributed by atoms with Gasteiger partial charge in [-0.3, -0.25) is 14.3 Å². The Balaban J connectivity index is 2.03. The standard InChI is InChI=1S/C13H13ClN2O6/c14-10-2-1-8(21-10)6-4-16(13(20)15-12(6)19)11-3-7(18)9(5-17)22-11/h1-2,4,7,9,11,17-18H,3,5H2,(H,15,19,20)/t7-,9+,11+/m0/s1. The van der Waals surface area contributed by atoms with Crippen molar-refractivity contribution < 1.29 is 19.4 Å². The predicted molar refractivity (Wildman–Crippen MR) is 75.7 cm³/mol. The predicted octanol–water partition coefficient (Wildman–Crippen LogP) is 0.0907. The van der Waals surface area contributed by atoms with Crippen LogP contribution in [0.3, 0.4) is 0 Å². The highest BCUT2D eigenvalue weighted by molar-refractivity contribution is 6.28. The van der Waals surface area contributed by atoms with E-state index >= 15 is 0 Å². The van der Waals surface area contributed by atoms with Gasteiger partial charge in [0.05, 0.1) is 18.3 Å². The Labute approximate surface area is 128 Å². The molecule has 0 aromatic carbocycles. The highest BCUT2D eigenvalue weighted by Gasteiger charge is 2.35. The SMILES string of the molecule is O=c1[nH]c(=O)n([C@H]2C[C@H](O)[C@@H](CO)O2)cc1-c1ccc(Cl)o1. The molecule has 0 radical (unpaired) electrons. The van der Waals surface area contributed by atoms with Gasteiger partial charge in [-0.1, -0.05) is 0 Å². The summed E-state index contributed by atoms with van der Waals surface area (Å²) in [6.45, 7) is -0.365. The van der Waals surface area contributed by atoms with Crippen LogP contribution in [0.5, 0.6) is 0 Å². The second-order valence-corrected chi connectivity index (χ2v) is 5.30. The Morgan fingerprint density at radius 3 is 2.77 bits per heavy atom. The monoisotopic (exact) mass is 328 g/mol. The first-order valence-corrected chi connectivity index (χ1v) is 6.93. The first-order chi connectivity index (χ1) is 10.5. The van der Waals surface area contributed by atoms with Crippen molar-refractivity contribution in [3.63, 3.8) is 0 Å². The Kier molecular flexibility index (Phi) is 3.92. The summed E-state index contributed by atoms with van der Waals surface area (Å²) in [5, 5.41) is 18.9. The van der Waals surface area contributed by atoms with Gasteiger partial charge in [-0.15, -0.1) is 0 Å². The van der Waals surface area contributed by atoms with Gasteiger partial charge < -0.3 is 19.4 Å². The molecular formula is C13H13ClN2O6. The second kappa shape index (κ2) is 5.73. The van der Waals surface area contributed by atoms with Crippen LogP contribution in [0.4, 0.5) is 0 Å². The average Bonchev–Trinajstić information content (AvgIpc) is 3.05. The van der Waals surface area contributed by atoms with E-state index in [0.717, 1.165) is 4.57 Å². The van der Waals surface area contributed by atoms with Crippen LogP contribution < -0.4 is 11.2 Å². The average molecular weight is 329 g/mol. The van der Waals surface area contributed by atoms with Crippen LogP contribution in [0.1, 0.15) is 12.6 Å². The number of furan rings is 1.